The van der Waals surface area contributed by atoms with Crippen LogP contribution in [-0.2, 0) is 14.8 Å². The molecule has 22 heavy (non-hydrogen) atoms. The van der Waals surface area contributed by atoms with Crippen molar-refractivity contribution >= 4 is 21.9 Å². The number of sulfonamides is 1. The summed E-state index contributed by atoms with van der Waals surface area (Å²) in [5.74, 6) is -0.910. The van der Waals surface area contributed by atoms with E-state index in [1.54, 1.807) is 6.92 Å². The van der Waals surface area contributed by atoms with E-state index in [0.717, 1.165) is 0 Å². The molecule has 0 aliphatic heterocycles. The Hall–Kier alpha value is -2.36. The maximum absolute atomic E-state index is 12.4. The molecule has 1 N–H and O–H groups in total. The summed E-state index contributed by atoms with van der Waals surface area (Å²) in [5.41, 5.74) is 0.339. The van der Waals surface area contributed by atoms with Gasteiger partial charge in [0.2, 0.25) is 0 Å². The quantitative estimate of drug-likeness (QED) is 0.819. The van der Waals surface area contributed by atoms with E-state index in [2.05, 4.69) is 15.0 Å². The van der Waals surface area contributed by atoms with Gasteiger partial charge < -0.3 is 13.8 Å². The molecule has 2 heterocycles. The van der Waals surface area contributed by atoms with Gasteiger partial charge in [0.15, 0.2) is 10.7 Å². The molecule has 0 amide bonds. The molecule has 0 saturated heterocycles. The minimum atomic E-state index is -4.04. The summed E-state index contributed by atoms with van der Waals surface area (Å²) in [6, 6.07) is 0. The van der Waals surface area contributed by atoms with Crippen LogP contribution in [0.25, 0.3) is 0 Å². The molecule has 0 spiro atoms. The molecule has 120 valence electrons. The van der Waals surface area contributed by atoms with Crippen molar-refractivity contribution in [1.82, 2.24) is 10.3 Å². The lowest BCUT2D eigenvalue weighted by atomic mass is 10.2. The van der Waals surface area contributed by atoms with Gasteiger partial charge in [0.1, 0.15) is 11.3 Å². The first-order chi connectivity index (χ1) is 10.3. The van der Waals surface area contributed by atoms with E-state index in [4.69, 9.17) is 13.8 Å². The van der Waals surface area contributed by atoms with Gasteiger partial charge >= 0.3 is 5.97 Å². The van der Waals surface area contributed by atoms with Crippen molar-refractivity contribution in [2.45, 2.75) is 32.6 Å². The van der Waals surface area contributed by atoms with Crippen LogP contribution in [0.4, 0.5) is 5.88 Å². The highest BCUT2D eigenvalue weighted by atomic mass is 32.2. The monoisotopic (exact) mass is 329 g/mol. The fourth-order valence-electron chi connectivity index (χ4n) is 1.91. The van der Waals surface area contributed by atoms with Gasteiger partial charge in [-0.3, -0.25) is 0 Å². The summed E-state index contributed by atoms with van der Waals surface area (Å²) in [6.45, 7) is 6.23. The summed E-state index contributed by atoms with van der Waals surface area (Å²) < 4.78 is 41.5. The van der Waals surface area contributed by atoms with Gasteiger partial charge in [-0.1, -0.05) is 10.3 Å². The highest BCUT2D eigenvalue weighted by Gasteiger charge is 2.30. The Bertz CT molecular complexity index is 785. The minimum absolute atomic E-state index is 0.0721. The van der Waals surface area contributed by atoms with Crippen LogP contribution in [0, 0.1) is 20.8 Å². The van der Waals surface area contributed by atoms with Crippen molar-refractivity contribution < 1.29 is 27.0 Å². The predicted octanol–water partition coefficient (Wildman–Crippen LogP) is 1.57. The highest BCUT2D eigenvalue weighted by Crippen LogP contribution is 2.26. The standard InChI is InChI=1S/C12H15N3O6S/c1-5-19-12(16)9-6(2)13-21-11(9)15-22(17,18)10-7(3)14-20-8(10)4/h15H,5H2,1-4H3. The number of ether oxygens (including phenoxy) is 1. The van der Waals surface area contributed by atoms with Gasteiger partial charge in [-0.25, -0.2) is 17.9 Å². The average molecular weight is 329 g/mol. The van der Waals surface area contributed by atoms with Crippen LogP contribution in [0.3, 0.4) is 0 Å². The Morgan fingerprint density at radius 3 is 2.36 bits per heavy atom. The molecule has 0 aliphatic rings. The summed E-state index contributed by atoms with van der Waals surface area (Å²) >= 11 is 0. The molecule has 0 fully saturated rings. The summed E-state index contributed by atoms with van der Waals surface area (Å²) in [6.07, 6.45) is 0. The molecule has 0 atom stereocenters. The number of aryl methyl sites for hydroxylation is 3. The molecular weight excluding hydrogens is 314 g/mol. The number of anilines is 1. The maximum atomic E-state index is 12.4. The van der Waals surface area contributed by atoms with Gasteiger partial charge in [-0.2, -0.15) is 0 Å². The lowest BCUT2D eigenvalue weighted by molar-refractivity contribution is 0.0526. The topological polar surface area (TPSA) is 125 Å². The zero-order valence-corrected chi connectivity index (χ0v) is 13.3. The third-order valence-corrected chi connectivity index (χ3v) is 4.38. The molecule has 0 bridgehead atoms. The predicted molar refractivity (Wildman–Crippen MR) is 74.0 cm³/mol. The molecule has 0 radical (unpaired) electrons. The molecule has 0 aliphatic carbocycles. The van der Waals surface area contributed by atoms with E-state index < -0.39 is 16.0 Å². The van der Waals surface area contributed by atoms with Crippen LogP contribution in [0.2, 0.25) is 0 Å². The van der Waals surface area contributed by atoms with Crippen LogP contribution in [0.15, 0.2) is 13.9 Å². The van der Waals surface area contributed by atoms with Crippen molar-refractivity contribution in [2.75, 3.05) is 11.3 Å². The lowest BCUT2D eigenvalue weighted by Gasteiger charge is -2.06. The second-order valence-electron chi connectivity index (χ2n) is 4.45. The van der Waals surface area contributed by atoms with Crippen LogP contribution in [0.1, 0.15) is 34.4 Å². The average Bonchev–Trinajstić information content (AvgIpc) is 2.93. The van der Waals surface area contributed by atoms with Gasteiger partial charge in [-0.05, 0) is 27.7 Å². The van der Waals surface area contributed by atoms with Crippen LogP contribution < -0.4 is 4.72 Å². The number of hydrogen-bond donors (Lipinski definition) is 1. The van der Waals surface area contributed by atoms with Crippen molar-refractivity contribution in [1.29, 1.82) is 0 Å². The summed E-state index contributed by atoms with van der Waals surface area (Å²) in [4.78, 5) is 11.8. The van der Waals surface area contributed by atoms with Crippen LogP contribution in [0.5, 0.6) is 0 Å². The molecule has 0 aromatic carbocycles. The van der Waals surface area contributed by atoms with Crippen LogP contribution in [-0.4, -0.2) is 31.3 Å². The molecule has 0 unspecified atom stereocenters. The Kier molecular flexibility index (Phi) is 4.22. The molecule has 9 nitrogen and oxygen atoms in total. The van der Waals surface area contributed by atoms with Crippen molar-refractivity contribution in [3.63, 3.8) is 0 Å². The molecule has 2 rings (SSSR count). The number of rotatable bonds is 5. The van der Waals surface area contributed by atoms with E-state index in [0.29, 0.717) is 0 Å². The van der Waals surface area contributed by atoms with Gasteiger partial charge in [0.25, 0.3) is 15.9 Å². The zero-order valence-electron chi connectivity index (χ0n) is 12.5. The third kappa shape index (κ3) is 2.82. The normalized spacial score (nSPS) is 11.5. The zero-order chi connectivity index (χ0) is 16.5. The lowest BCUT2D eigenvalue weighted by Crippen LogP contribution is -2.17. The van der Waals surface area contributed by atoms with Gasteiger partial charge in [-0.15, -0.1) is 0 Å². The van der Waals surface area contributed by atoms with Crippen molar-refractivity contribution in [2.24, 2.45) is 0 Å². The van der Waals surface area contributed by atoms with Crippen molar-refractivity contribution in [3.8, 4) is 0 Å². The Labute approximate surface area is 126 Å². The highest BCUT2D eigenvalue weighted by molar-refractivity contribution is 7.92. The van der Waals surface area contributed by atoms with E-state index >= 15 is 0 Å². The number of aromatic nitrogens is 2. The third-order valence-electron chi connectivity index (χ3n) is 2.81. The van der Waals surface area contributed by atoms with E-state index in [1.807, 2.05) is 0 Å². The van der Waals surface area contributed by atoms with Crippen molar-refractivity contribution in [3.05, 3.63) is 22.7 Å². The first kappa shape index (κ1) is 16.0. The number of hydrogen-bond acceptors (Lipinski definition) is 8. The Morgan fingerprint density at radius 2 is 1.82 bits per heavy atom. The molecule has 2 aromatic heterocycles. The Balaban J connectivity index is 2.42. The number of carbonyl (C=O) groups excluding carboxylic acids is 1. The SMILES string of the molecule is CCOC(=O)c1c(C)noc1NS(=O)(=O)c1c(C)noc1C. The first-order valence-electron chi connectivity index (χ1n) is 6.37. The maximum Gasteiger partial charge on any atom is 0.345 e. The smallest absolute Gasteiger partial charge is 0.345 e. The fraction of sp³-hybridized carbons (Fsp3) is 0.417. The second-order valence-corrected chi connectivity index (χ2v) is 6.07. The Morgan fingerprint density at radius 1 is 1.18 bits per heavy atom. The van der Waals surface area contributed by atoms with Crippen LogP contribution >= 0.6 is 0 Å². The van der Waals surface area contributed by atoms with E-state index in [1.165, 1.54) is 20.8 Å². The fourth-order valence-corrected chi connectivity index (χ4v) is 3.24. The molecule has 0 saturated carbocycles. The van der Waals surface area contributed by atoms with Gasteiger partial charge in [0, 0.05) is 0 Å². The van der Waals surface area contributed by atoms with E-state index in [9.17, 15) is 13.2 Å². The second kappa shape index (κ2) is 5.79. The minimum Gasteiger partial charge on any atom is -0.462 e. The number of nitrogens with one attached hydrogen (secondary N) is 1. The summed E-state index contributed by atoms with van der Waals surface area (Å²) in [7, 11) is -4.04. The first-order valence-corrected chi connectivity index (χ1v) is 7.85. The number of nitrogens with zero attached hydrogens (tertiary/aromatic N) is 2. The largest absolute Gasteiger partial charge is 0.462 e. The summed E-state index contributed by atoms with van der Waals surface area (Å²) in [5, 5.41) is 7.17. The molecular formula is C12H15N3O6S. The molecule has 2 aromatic rings. The van der Waals surface area contributed by atoms with E-state index in [-0.39, 0.29) is 40.1 Å². The number of esters is 1. The molecule has 10 heteroatoms. The van der Waals surface area contributed by atoms with Gasteiger partial charge in [0.05, 0.1) is 12.3 Å². The number of carbonyl (C=O) groups is 1.